The Balaban J connectivity index is 1.72. The van der Waals surface area contributed by atoms with E-state index in [9.17, 15) is 0 Å². The molecule has 2 aliphatic rings. The van der Waals surface area contributed by atoms with Crippen LogP contribution in [0.15, 0.2) is 24.3 Å². The van der Waals surface area contributed by atoms with Crippen LogP contribution in [0, 0.1) is 0 Å². The summed E-state index contributed by atoms with van der Waals surface area (Å²) < 4.78 is 0. The fourth-order valence-electron chi connectivity index (χ4n) is 3.20. The van der Waals surface area contributed by atoms with E-state index < -0.39 is 0 Å². The Hall–Kier alpha value is -1.22. The summed E-state index contributed by atoms with van der Waals surface area (Å²) in [6.45, 7) is 4.68. The predicted molar refractivity (Wildman–Crippen MR) is 82.0 cm³/mol. The molecule has 1 aromatic rings. The van der Waals surface area contributed by atoms with Crippen molar-refractivity contribution in [1.29, 1.82) is 0 Å². The molecule has 0 aliphatic carbocycles. The quantitative estimate of drug-likeness (QED) is 0.874. The van der Waals surface area contributed by atoms with Gasteiger partial charge < -0.3 is 15.5 Å². The molecule has 0 aromatic heterocycles. The van der Waals surface area contributed by atoms with Gasteiger partial charge in [0.05, 0.1) is 11.4 Å². The van der Waals surface area contributed by atoms with E-state index in [1.165, 1.54) is 63.1 Å². The second-order valence-electron chi connectivity index (χ2n) is 5.75. The van der Waals surface area contributed by atoms with Crippen molar-refractivity contribution in [3.05, 3.63) is 24.3 Å². The van der Waals surface area contributed by atoms with Gasteiger partial charge in [-0.1, -0.05) is 12.1 Å². The SMILES string of the molecule is c1ccc(N2CCCCC2)c(NC2CCCNC2)c1. The largest absolute Gasteiger partial charge is 0.379 e. The highest BCUT2D eigenvalue weighted by atomic mass is 15.2. The van der Waals surface area contributed by atoms with E-state index in [1.54, 1.807) is 0 Å². The third kappa shape index (κ3) is 3.21. The van der Waals surface area contributed by atoms with Gasteiger partial charge in [-0.05, 0) is 50.8 Å². The van der Waals surface area contributed by atoms with Crippen molar-refractivity contribution >= 4 is 11.4 Å². The van der Waals surface area contributed by atoms with Crippen LogP contribution < -0.4 is 15.5 Å². The van der Waals surface area contributed by atoms with Crippen molar-refractivity contribution in [2.45, 2.75) is 38.1 Å². The number of benzene rings is 1. The molecule has 2 saturated heterocycles. The molecule has 1 unspecified atom stereocenters. The van der Waals surface area contributed by atoms with E-state index in [0.29, 0.717) is 6.04 Å². The Morgan fingerprint density at radius 1 is 1.05 bits per heavy atom. The molecule has 19 heavy (non-hydrogen) atoms. The Kier molecular flexibility index (Phi) is 4.23. The van der Waals surface area contributed by atoms with Crippen LogP contribution >= 0.6 is 0 Å². The van der Waals surface area contributed by atoms with Crippen LogP contribution in [-0.4, -0.2) is 32.2 Å². The summed E-state index contributed by atoms with van der Waals surface area (Å²) in [5.41, 5.74) is 2.71. The second-order valence-corrected chi connectivity index (χ2v) is 5.75. The van der Waals surface area contributed by atoms with Gasteiger partial charge in [-0.2, -0.15) is 0 Å². The van der Waals surface area contributed by atoms with Crippen molar-refractivity contribution < 1.29 is 0 Å². The zero-order chi connectivity index (χ0) is 12.9. The lowest BCUT2D eigenvalue weighted by Gasteiger charge is -2.32. The van der Waals surface area contributed by atoms with E-state index in [4.69, 9.17) is 0 Å². The van der Waals surface area contributed by atoms with Crippen LogP contribution in [-0.2, 0) is 0 Å². The maximum absolute atomic E-state index is 3.74. The molecule has 2 aliphatic heterocycles. The smallest absolute Gasteiger partial charge is 0.0602 e. The highest BCUT2D eigenvalue weighted by molar-refractivity contribution is 5.70. The lowest BCUT2D eigenvalue weighted by atomic mass is 10.1. The average Bonchev–Trinajstić information content (AvgIpc) is 2.50. The van der Waals surface area contributed by atoms with Gasteiger partial charge in [-0.3, -0.25) is 0 Å². The number of piperidine rings is 2. The first-order chi connectivity index (χ1) is 9.43. The maximum Gasteiger partial charge on any atom is 0.0602 e. The molecular formula is C16H25N3. The first kappa shape index (κ1) is 12.8. The van der Waals surface area contributed by atoms with E-state index in [0.717, 1.165) is 6.54 Å². The molecule has 2 N–H and O–H groups in total. The number of anilines is 2. The predicted octanol–water partition coefficient (Wildman–Crippen LogP) is 2.84. The first-order valence-electron chi connectivity index (χ1n) is 7.75. The Morgan fingerprint density at radius 2 is 1.89 bits per heavy atom. The van der Waals surface area contributed by atoms with Gasteiger partial charge in [0.2, 0.25) is 0 Å². The fourth-order valence-corrected chi connectivity index (χ4v) is 3.20. The molecular weight excluding hydrogens is 234 g/mol. The summed E-state index contributed by atoms with van der Waals surface area (Å²) in [4.78, 5) is 2.54. The molecule has 3 heteroatoms. The van der Waals surface area contributed by atoms with Crippen LogP contribution in [0.1, 0.15) is 32.1 Å². The molecule has 2 fully saturated rings. The summed E-state index contributed by atoms with van der Waals surface area (Å²) in [5, 5.41) is 7.22. The minimum Gasteiger partial charge on any atom is -0.379 e. The lowest BCUT2D eigenvalue weighted by Crippen LogP contribution is -2.39. The maximum atomic E-state index is 3.74. The number of hydrogen-bond acceptors (Lipinski definition) is 3. The minimum atomic E-state index is 0.583. The minimum absolute atomic E-state index is 0.583. The third-order valence-corrected chi connectivity index (χ3v) is 4.26. The Bertz CT molecular complexity index is 393. The zero-order valence-electron chi connectivity index (χ0n) is 11.7. The zero-order valence-corrected chi connectivity index (χ0v) is 11.7. The van der Waals surface area contributed by atoms with Crippen LogP contribution in [0.2, 0.25) is 0 Å². The van der Waals surface area contributed by atoms with Crippen molar-refractivity contribution in [3.63, 3.8) is 0 Å². The van der Waals surface area contributed by atoms with Crippen LogP contribution in [0.5, 0.6) is 0 Å². The molecule has 0 spiro atoms. The third-order valence-electron chi connectivity index (χ3n) is 4.26. The van der Waals surface area contributed by atoms with Crippen LogP contribution in [0.25, 0.3) is 0 Å². The topological polar surface area (TPSA) is 27.3 Å². The molecule has 3 nitrogen and oxygen atoms in total. The number of nitrogens with one attached hydrogen (secondary N) is 2. The second kappa shape index (κ2) is 6.29. The molecule has 0 bridgehead atoms. The Labute approximate surface area is 116 Å². The Morgan fingerprint density at radius 3 is 2.68 bits per heavy atom. The van der Waals surface area contributed by atoms with Gasteiger partial charge in [0.25, 0.3) is 0 Å². The van der Waals surface area contributed by atoms with E-state index in [1.807, 2.05) is 0 Å². The molecule has 104 valence electrons. The molecule has 1 atom stereocenters. The number of nitrogens with zero attached hydrogens (tertiary/aromatic N) is 1. The normalized spacial score (nSPS) is 24.2. The van der Waals surface area contributed by atoms with Crippen LogP contribution in [0.4, 0.5) is 11.4 Å². The van der Waals surface area contributed by atoms with Gasteiger partial charge in [0, 0.05) is 25.7 Å². The van der Waals surface area contributed by atoms with Gasteiger partial charge in [-0.25, -0.2) is 0 Å². The van der Waals surface area contributed by atoms with Gasteiger partial charge in [0.15, 0.2) is 0 Å². The summed E-state index contributed by atoms with van der Waals surface area (Å²) in [6, 6.07) is 9.39. The van der Waals surface area contributed by atoms with E-state index in [2.05, 4.69) is 39.8 Å². The monoisotopic (exact) mass is 259 g/mol. The highest BCUT2D eigenvalue weighted by Gasteiger charge is 2.17. The molecule has 0 amide bonds. The summed E-state index contributed by atoms with van der Waals surface area (Å²) in [6.07, 6.45) is 6.61. The van der Waals surface area contributed by atoms with Crippen molar-refractivity contribution in [3.8, 4) is 0 Å². The van der Waals surface area contributed by atoms with E-state index in [-0.39, 0.29) is 0 Å². The highest BCUT2D eigenvalue weighted by Crippen LogP contribution is 2.29. The van der Waals surface area contributed by atoms with Crippen LogP contribution in [0.3, 0.4) is 0 Å². The van der Waals surface area contributed by atoms with Gasteiger partial charge in [-0.15, -0.1) is 0 Å². The lowest BCUT2D eigenvalue weighted by molar-refractivity contribution is 0.479. The summed E-state index contributed by atoms with van der Waals surface area (Å²) in [7, 11) is 0. The number of hydrogen-bond donors (Lipinski definition) is 2. The molecule has 2 heterocycles. The van der Waals surface area contributed by atoms with Gasteiger partial charge in [0.1, 0.15) is 0 Å². The number of para-hydroxylation sites is 2. The average molecular weight is 259 g/mol. The van der Waals surface area contributed by atoms with Crippen molar-refractivity contribution in [1.82, 2.24) is 5.32 Å². The molecule has 1 aromatic carbocycles. The summed E-state index contributed by atoms with van der Waals surface area (Å²) >= 11 is 0. The molecule has 0 radical (unpaired) electrons. The molecule has 3 rings (SSSR count). The van der Waals surface area contributed by atoms with Gasteiger partial charge >= 0.3 is 0 Å². The standard InChI is InChI=1S/C16H25N3/c1-4-11-19(12-5-1)16-9-3-2-8-15(16)18-14-7-6-10-17-13-14/h2-3,8-9,14,17-18H,1,4-7,10-13H2. The van der Waals surface area contributed by atoms with Crippen molar-refractivity contribution in [2.75, 3.05) is 36.4 Å². The summed E-state index contributed by atoms with van der Waals surface area (Å²) in [5.74, 6) is 0. The first-order valence-corrected chi connectivity index (χ1v) is 7.75. The van der Waals surface area contributed by atoms with E-state index >= 15 is 0 Å². The molecule has 0 saturated carbocycles. The fraction of sp³-hybridized carbons (Fsp3) is 0.625. The van der Waals surface area contributed by atoms with Crippen molar-refractivity contribution in [2.24, 2.45) is 0 Å². The number of rotatable bonds is 3.